The fourth-order valence-corrected chi connectivity index (χ4v) is 2.02. The van der Waals surface area contributed by atoms with Crippen LogP contribution in [0.15, 0.2) is 40.5 Å². The molecule has 0 bridgehead atoms. The van der Waals surface area contributed by atoms with E-state index in [9.17, 15) is 9.59 Å². The Kier molecular flexibility index (Phi) is 7.29. The first-order chi connectivity index (χ1) is 10.8. The van der Waals surface area contributed by atoms with Crippen LogP contribution in [0.2, 0.25) is 0 Å². The highest BCUT2D eigenvalue weighted by Crippen LogP contribution is 2.10. The molecule has 1 amide bonds. The molecule has 0 fully saturated rings. The first-order valence-electron chi connectivity index (χ1n) is 6.97. The molecule has 0 aromatic heterocycles. The number of amides is 1. The number of halogens is 1. The molecule has 0 aliphatic carbocycles. The highest BCUT2D eigenvalue weighted by molar-refractivity contribution is 9.10. The number of carboxylic acid groups (broad SMARTS) is 1. The fraction of sp³-hybridized carbons (Fsp3) is 0.312. The molecule has 6 nitrogen and oxygen atoms in total. The van der Waals surface area contributed by atoms with Gasteiger partial charge >= 0.3 is 5.97 Å². The lowest BCUT2D eigenvalue weighted by Gasteiger charge is -2.17. The van der Waals surface area contributed by atoms with Gasteiger partial charge in [-0.25, -0.2) is 4.79 Å². The van der Waals surface area contributed by atoms with Gasteiger partial charge in [-0.1, -0.05) is 41.9 Å². The Labute approximate surface area is 143 Å². The van der Waals surface area contributed by atoms with Gasteiger partial charge in [-0.2, -0.15) is 5.26 Å². The molecule has 23 heavy (non-hydrogen) atoms. The molecule has 7 heteroatoms. The number of rotatable bonds is 7. The molecule has 0 aliphatic rings. The van der Waals surface area contributed by atoms with Crippen molar-refractivity contribution < 1.29 is 14.7 Å². The van der Waals surface area contributed by atoms with E-state index in [1.807, 2.05) is 24.3 Å². The van der Waals surface area contributed by atoms with Crippen LogP contribution in [-0.2, 0) is 16.1 Å². The van der Waals surface area contributed by atoms with Gasteiger partial charge in [0.15, 0.2) is 0 Å². The Morgan fingerprint density at radius 3 is 2.43 bits per heavy atom. The topological polar surface area (TPSA) is 102 Å². The maximum atomic E-state index is 12.0. The van der Waals surface area contributed by atoms with Crippen LogP contribution in [-0.4, -0.2) is 23.0 Å². The highest BCUT2D eigenvalue weighted by atomic mass is 79.9. The maximum absolute atomic E-state index is 12.0. The van der Waals surface area contributed by atoms with Crippen molar-refractivity contribution in [3.8, 4) is 6.07 Å². The maximum Gasteiger partial charge on any atom is 0.326 e. The van der Waals surface area contributed by atoms with Crippen molar-refractivity contribution in [2.45, 2.75) is 26.4 Å². The predicted molar refractivity (Wildman–Crippen MR) is 89.1 cm³/mol. The number of benzene rings is 1. The SMILES string of the molecule is CC(C)C(NC(=O)/C(C#N)=C\NCc1ccc(Br)cc1)C(=O)O. The molecule has 0 aliphatic heterocycles. The normalized spacial score (nSPS) is 12.4. The quantitative estimate of drug-likeness (QED) is 0.497. The second kappa shape index (κ2) is 8.96. The van der Waals surface area contributed by atoms with Crippen molar-refractivity contribution in [1.29, 1.82) is 5.26 Å². The molecule has 0 saturated heterocycles. The summed E-state index contributed by atoms with van der Waals surface area (Å²) in [4.78, 5) is 23.0. The number of carboxylic acids is 1. The summed E-state index contributed by atoms with van der Waals surface area (Å²) in [5.74, 6) is -2.13. The Bertz CT molecular complexity index is 633. The molecule has 1 atom stereocenters. The van der Waals surface area contributed by atoms with Gasteiger partial charge in [-0.15, -0.1) is 0 Å². The van der Waals surface area contributed by atoms with Gasteiger partial charge in [0.2, 0.25) is 0 Å². The monoisotopic (exact) mass is 379 g/mol. The predicted octanol–water partition coefficient (Wildman–Crippen LogP) is 2.17. The molecule has 1 rings (SSSR count). The van der Waals surface area contributed by atoms with E-state index in [1.54, 1.807) is 19.9 Å². The van der Waals surface area contributed by atoms with Gasteiger partial charge in [0.1, 0.15) is 17.7 Å². The highest BCUT2D eigenvalue weighted by Gasteiger charge is 2.24. The number of carbonyl (C=O) groups excluding carboxylic acids is 1. The van der Waals surface area contributed by atoms with Crippen molar-refractivity contribution >= 4 is 27.8 Å². The molecule has 0 saturated carbocycles. The molecule has 1 unspecified atom stereocenters. The van der Waals surface area contributed by atoms with Crippen LogP contribution in [0.1, 0.15) is 19.4 Å². The summed E-state index contributed by atoms with van der Waals surface area (Å²) in [6.07, 6.45) is 1.29. The fourth-order valence-electron chi connectivity index (χ4n) is 1.75. The van der Waals surface area contributed by atoms with Gasteiger partial charge in [0, 0.05) is 17.2 Å². The minimum absolute atomic E-state index is 0.172. The van der Waals surface area contributed by atoms with E-state index < -0.39 is 17.9 Å². The van der Waals surface area contributed by atoms with E-state index >= 15 is 0 Å². The standard InChI is InChI=1S/C16H18BrN3O3/c1-10(2)14(16(22)23)20-15(21)12(7-18)9-19-8-11-3-5-13(17)6-4-11/h3-6,9-10,14,19H,8H2,1-2H3,(H,20,21)(H,22,23)/b12-9-. The molecule has 0 spiro atoms. The van der Waals surface area contributed by atoms with Crippen molar-refractivity contribution in [2.24, 2.45) is 5.92 Å². The zero-order valence-electron chi connectivity index (χ0n) is 12.8. The zero-order chi connectivity index (χ0) is 17.4. The molecule has 0 heterocycles. The second-order valence-corrected chi connectivity index (χ2v) is 6.13. The zero-order valence-corrected chi connectivity index (χ0v) is 14.4. The van der Waals surface area contributed by atoms with Crippen molar-refractivity contribution in [2.75, 3.05) is 0 Å². The van der Waals surface area contributed by atoms with Gasteiger partial charge < -0.3 is 15.7 Å². The van der Waals surface area contributed by atoms with Gasteiger partial charge in [0.25, 0.3) is 5.91 Å². The van der Waals surface area contributed by atoms with E-state index in [4.69, 9.17) is 10.4 Å². The third-order valence-electron chi connectivity index (χ3n) is 3.05. The van der Waals surface area contributed by atoms with Crippen LogP contribution < -0.4 is 10.6 Å². The number of nitriles is 1. The van der Waals surface area contributed by atoms with E-state index in [0.717, 1.165) is 10.0 Å². The molecule has 1 aromatic rings. The Hall–Kier alpha value is -2.33. The summed E-state index contributed by atoms with van der Waals surface area (Å²) >= 11 is 3.34. The van der Waals surface area contributed by atoms with Crippen LogP contribution in [0.25, 0.3) is 0 Å². The molecule has 3 N–H and O–H groups in total. The minimum atomic E-state index is -1.13. The van der Waals surface area contributed by atoms with Crippen LogP contribution in [0.5, 0.6) is 0 Å². The van der Waals surface area contributed by atoms with E-state index in [0.29, 0.717) is 6.54 Å². The summed E-state index contributed by atoms with van der Waals surface area (Å²) in [6, 6.07) is 8.30. The Morgan fingerprint density at radius 2 is 1.96 bits per heavy atom. The van der Waals surface area contributed by atoms with E-state index in [2.05, 4.69) is 26.6 Å². The van der Waals surface area contributed by atoms with Crippen molar-refractivity contribution in [3.05, 3.63) is 46.1 Å². The number of carbonyl (C=O) groups is 2. The Morgan fingerprint density at radius 1 is 1.35 bits per heavy atom. The van der Waals surface area contributed by atoms with Crippen LogP contribution >= 0.6 is 15.9 Å². The molecule has 1 aromatic carbocycles. The summed E-state index contributed by atoms with van der Waals surface area (Å²) in [6.45, 7) is 3.81. The minimum Gasteiger partial charge on any atom is -0.480 e. The number of nitrogens with zero attached hydrogens (tertiary/aromatic N) is 1. The summed E-state index contributed by atoms with van der Waals surface area (Å²) in [7, 11) is 0. The molecular weight excluding hydrogens is 362 g/mol. The number of hydrogen-bond acceptors (Lipinski definition) is 4. The van der Waals surface area contributed by atoms with Crippen molar-refractivity contribution in [3.63, 3.8) is 0 Å². The largest absolute Gasteiger partial charge is 0.480 e. The first kappa shape index (κ1) is 18.7. The Balaban J connectivity index is 2.67. The lowest BCUT2D eigenvalue weighted by atomic mass is 10.0. The lowest BCUT2D eigenvalue weighted by Crippen LogP contribution is -2.44. The van der Waals surface area contributed by atoms with E-state index in [-0.39, 0.29) is 11.5 Å². The average Bonchev–Trinajstić information content (AvgIpc) is 2.50. The molecular formula is C16H18BrN3O3. The third-order valence-corrected chi connectivity index (χ3v) is 3.58. The van der Waals surface area contributed by atoms with E-state index in [1.165, 1.54) is 6.20 Å². The third kappa shape index (κ3) is 6.12. The summed E-state index contributed by atoms with van der Waals surface area (Å²) in [5.41, 5.74) is 0.807. The van der Waals surface area contributed by atoms with Gasteiger partial charge in [-0.05, 0) is 23.6 Å². The summed E-state index contributed by atoms with van der Waals surface area (Å²) in [5, 5.41) is 23.3. The van der Waals surface area contributed by atoms with Crippen LogP contribution in [0, 0.1) is 17.2 Å². The smallest absolute Gasteiger partial charge is 0.326 e. The number of nitrogens with one attached hydrogen (secondary N) is 2. The molecule has 122 valence electrons. The van der Waals surface area contributed by atoms with Crippen LogP contribution in [0.3, 0.4) is 0 Å². The van der Waals surface area contributed by atoms with Crippen LogP contribution in [0.4, 0.5) is 0 Å². The van der Waals surface area contributed by atoms with Gasteiger partial charge in [0.05, 0.1) is 0 Å². The average molecular weight is 380 g/mol. The first-order valence-corrected chi connectivity index (χ1v) is 7.76. The number of aliphatic carboxylic acids is 1. The number of hydrogen-bond donors (Lipinski definition) is 3. The van der Waals surface area contributed by atoms with Gasteiger partial charge in [-0.3, -0.25) is 4.79 Å². The second-order valence-electron chi connectivity index (χ2n) is 5.21. The summed E-state index contributed by atoms with van der Waals surface area (Å²) < 4.78 is 0.960. The van der Waals surface area contributed by atoms with Crippen molar-refractivity contribution in [1.82, 2.24) is 10.6 Å². The lowest BCUT2D eigenvalue weighted by molar-refractivity contribution is -0.142. The molecule has 0 radical (unpaired) electrons.